The van der Waals surface area contributed by atoms with Crippen molar-refractivity contribution < 1.29 is 19.2 Å². The maximum absolute atomic E-state index is 9.94. The van der Waals surface area contributed by atoms with Crippen LogP contribution in [0, 0.1) is 23.7 Å². The molecule has 152 valence electrons. The van der Waals surface area contributed by atoms with Crippen molar-refractivity contribution in [3.05, 3.63) is 0 Å². The second-order valence-electron chi connectivity index (χ2n) is 7.51. The molecule has 0 spiro atoms. The van der Waals surface area contributed by atoms with Crippen LogP contribution in [0.5, 0.6) is 0 Å². The molecule has 2 fully saturated rings. The molecule has 28 heavy (non-hydrogen) atoms. The first-order valence-corrected chi connectivity index (χ1v) is 9.87. The Labute approximate surface area is 165 Å². The van der Waals surface area contributed by atoms with Gasteiger partial charge in [0.15, 0.2) is 0 Å². The van der Waals surface area contributed by atoms with Gasteiger partial charge in [-0.2, -0.15) is 0 Å². The molecular formula is C20H28N4O4. The molecule has 0 aromatic rings. The third-order valence-corrected chi connectivity index (χ3v) is 5.51. The van der Waals surface area contributed by atoms with E-state index in [1.807, 2.05) is 0 Å². The highest BCUT2D eigenvalue weighted by Crippen LogP contribution is 2.29. The summed E-state index contributed by atoms with van der Waals surface area (Å²) in [6, 6.07) is 0. The van der Waals surface area contributed by atoms with Crippen molar-refractivity contribution in [2.75, 3.05) is 26.2 Å². The molecular weight excluding hydrogens is 360 g/mol. The van der Waals surface area contributed by atoms with Crippen molar-refractivity contribution in [3.63, 3.8) is 0 Å². The minimum absolute atomic E-state index is 0.469. The van der Waals surface area contributed by atoms with Gasteiger partial charge in [-0.3, -0.25) is 0 Å². The lowest BCUT2D eigenvalue weighted by atomic mass is 9.81. The van der Waals surface area contributed by atoms with Crippen LogP contribution in [-0.2, 0) is 19.2 Å². The number of isocyanates is 4. The van der Waals surface area contributed by atoms with Gasteiger partial charge in [-0.1, -0.05) is 6.42 Å². The molecule has 0 aliphatic heterocycles. The van der Waals surface area contributed by atoms with Crippen molar-refractivity contribution >= 4 is 24.3 Å². The molecule has 2 saturated carbocycles. The van der Waals surface area contributed by atoms with Gasteiger partial charge < -0.3 is 0 Å². The van der Waals surface area contributed by atoms with E-state index in [0.717, 1.165) is 51.4 Å². The molecule has 0 saturated heterocycles. The number of aliphatic imine (C=N–C) groups is 4. The molecule has 8 nitrogen and oxygen atoms in total. The Bertz CT molecular complexity index is 581. The molecule has 2 atom stereocenters. The SMILES string of the molecule is O=C=NCC1CCC(CN=C=O)CC1.O=C=NCC1CCCC(CN=C=O)C1. The van der Waals surface area contributed by atoms with Crippen LogP contribution in [0.2, 0.25) is 0 Å². The molecule has 0 amide bonds. The van der Waals surface area contributed by atoms with E-state index in [4.69, 9.17) is 0 Å². The van der Waals surface area contributed by atoms with Gasteiger partial charge in [-0.05, 0) is 68.6 Å². The second-order valence-corrected chi connectivity index (χ2v) is 7.51. The fraction of sp³-hybridized carbons (Fsp3) is 0.800. The molecule has 2 aliphatic carbocycles. The number of rotatable bonds is 8. The lowest BCUT2D eigenvalue weighted by molar-refractivity contribution is 0.278. The fourth-order valence-electron chi connectivity index (χ4n) is 4.00. The Morgan fingerprint density at radius 3 is 1.14 bits per heavy atom. The minimum atomic E-state index is 0.469. The second kappa shape index (κ2) is 15.6. The molecule has 8 heteroatoms. The molecule has 0 aromatic carbocycles. The summed E-state index contributed by atoms with van der Waals surface area (Å²) in [5.74, 6) is 1.98. The normalized spacial score (nSPS) is 26.0. The average Bonchev–Trinajstić information content (AvgIpc) is 2.75. The Kier molecular flexibility index (Phi) is 13.1. The highest BCUT2D eigenvalue weighted by molar-refractivity contribution is 5.33. The predicted molar refractivity (Wildman–Crippen MR) is 103 cm³/mol. The summed E-state index contributed by atoms with van der Waals surface area (Å²) in [5.41, 5.74) is 0. The van der Waals surface area contributed by atoms with E-state index in [2.05, 4.69) is 20.0 Å². The minimum Gasteiger partial charge on any atom is -0.211 e. The first-order valence-electron chi connectivity index (χ1n) is 9.87. The smallest absolute Gasteiger partial charge is 0.211 e. The molecule has 0 bridgehead atoms. The maximum Gasteiger partial charge on any atom is 0.234 e. The summed E-state index contributed by atoms with van der Waals surface area (Å²) in [6.45, 7) is 2.36. The van der Waals surface area contributed by atoms with Gasteiger partial charge in [0.25, 0.3) is 0 Å². The summed E-state index contributed by atoms with van der Waals surface area (Å²) in [4.78, 5) is 54.1. The van der Waals surface area contributed by atoms with Crippen molar-refractivity contribution in [2.24, 2.45) is 43.6 Å². The lowest BCUT2D eigenvalue weighted by Gasteiger charge is -2.26. The first-order chi connectivity index (χ1) is 13.7. The Hall–Kier alpha value is -2.48. The quantitative estimate of drug-likeness (QED) is 0.469. The van der Waals surface area contributed by atoms with E-state index in [-0.39, 0.29) is 0 Å². The number of hydrogen-bond donors (Lipinski definition) is 0. The summed E-state index contributed by atoms with van der Waals surface area (Å²) in [5, 5.41) is 0. The van der Waals surface area contributed by atoms with E-state index in [1.165, 1.54) is 0 Å². The molecule has 2 rings (SSSR count). The molecule has 0 N–H and O–H groups in total. The van der Waals surface area contributed by atoms with Crippen LogP contribution < -0.4 is 0 Å². The maximum atomic E-state index is 9.94. The molecule has 0 heterocycles. The third-order valence-electron chi connectivity index (χ3n) is 5.51. The number of carbonyl (C=O) groups excluding carboxylic acids is 4. The van der Waals surface area contributed by atoms with Crippen LogP contribution >= 0.6 is 0 Å². The van der Waals surface area contributed by atoms with E-state index in [9.17, 15) is 19.2 Å². The Morgan fingerprint density at radius 1 is 0.500 bits per heavy atom. The largest absolute Gasteiger partial charge is 0.234 e. The summed E-state index contributed by atoms with van der Waals surface area (Å²) >= 11 is 0. The zero-order valence-electron chi connectivity index (χ0n) is 16.2. The van der Waals surface area contributed by atoms with Crippen molar-refractivity contribution in [1.82, 2.24) is 0 Å². The van der Waals surface area contributed by atoms with Gasteiger partial charge in [0.2, 0.25) is 24.3 Å². The first kappa shape index (κ1) is 23.6. The van der Waals surface area contributed by atoms with Crippen LogP contribution in [0.15, 0.2) is 20.0 Å². The number of nitrogens with zero attached hydrogens (tertiary/aromatic N) is 4. The van der Waals surface area contributed by atoms with Crippen LogP contribution in [0.3, 0.4) is 0 Å². The zero-order valence-corrected chi connectivity index (χ0v) is 16.2. The lowest BCUT2D eigenvalue weighted by Crippen LogP contribution is -2.19. The standard InChI is InChI=1S/2C10H14N2O2/c13-7-11-5-9-1-2-10(4-3-9)6-12-8-14;13-7-11-5-9-2-1-3-10(4-9)6-12-8-14/h2*9-10H,1-6H2. The van der Waals surface area contributed by atoms with Gasteiger partial charge in [-0.25, -0.2) is 39.1 Å². The average molecular weight is 388 g/mol. The molecule has 2 aliphatic rings. The summed E-state index contributed by atoms with van der Waals surface area (Å²) in [6.07, 6.45) is 14.9. The van der Waals surface area contributed by atoms with E-state index >= 15 is 0 Å². The van der Waals surface area contributed by atoms with Crippen LogP contribution in [0.4, 0.5) is 0 Å². The van der Waals surface area contributed by atoms with Crippen molar-refractivity contribution in [3.8, 4) is 0 Å². The third kappa shape index (κ3) is 10.6. The van der Waals surface area contributed by atoms with E-state index in [0.29, 0.717) is 49.9 Å². The zero-order chi connectivity index (χ0) is 20.5. The van der Waals surface area contributed by atoms with Gasteiger partial charge in [0.05, 0.1) is 26.2 Å². The van der Waals surface area contributed by atoms with Crippen LogP contribution in [0.1, 0.15) is 51.4 Å². The van der Waals surface area contributed by atoms with Gasteiger partial charge in [0.1, 0.15) is 0 Å². The van der Waals surface area contributed by atoms with Gasteiger partial charge in [-0.15, -0.1) is 0 Å². The summed E-state index contributed by atoms with van der Waals surface area (Å²) in [7, 11) is 0. The molecule has 0 aromatic heterocycles. The summed E-state index contributed by atoms with van der Waals surface area (Å²) < 4.78 is 0. The van der Waals surface area contributed by atoms with Crippen LogP contribution in [0.25, 0.3) is 0 Å². The van der Waals surface area contributed by atoms with Gasteiger partial charge in [0, 0.05) is 0 Å². The van der Waals surface area contributed by atoms with E-state index in [1.54, 1.807) is 24.3 Å². The fourth-order valence-corrected chi connectivity index (χ4v) is 4.00. The van der Waals surface area contributed by atoms with E-state index < -0.39 is 0 Å². The van der Waals surface area contributed by atoms with Gasteiger partial charge >= 0.3 is 0 Å². The predicted octanol–water partition coefficient (Wildman–Crippen LogP) is 2.93. The van der Waals surface area contributed by atoms with Crippen molar-refractivity contribution in [1.29, 1.82) is 0 Å². The molecule has 2 unspecified atom stereocenters. The van der Waals surface area contributed by atoms with Crippen LogP contribution in [-0.4, -0.2) is 50.5 Å². The Balaban J connectivity index is 0.000000280. The number of hydrogen-bond acceptors (Lipinski definition) is 8. The monoisotopic (exact) mass is 388 g/mol. The highest BCUT2D eigenvalue weighted by Gasteiger charge is 2.21. The topological polar surface area (TPSA) is 118 Å². The Morgan fingerprint density at radius 2 is 0.821 bits per heavy atom. The van der Waals surface area contributed by atoms with Crippen molar-refractivity contribution in [2.45, 2.75) is 51.4 Å². The molecule has 0 radical (unpaired) electrons. The highest BCUT2D eigenvalue weighted by atomic mass is 16.1.